The summed E-state index contributed by atoms with van der Waals surface area (Å²) in [4.78, 5) is 1.52. The zero-order chi connectivity index (χ0) is 11.9. The van der Waals surface area contributed by atoms with Gasteiger partial charge in [-0.15, -0.1) is 0 Å². The van der Waals surface area contributed by atoms with Gasteiger partial charge in [0.15, 0.2) is 0 Å². The maximum atomic E-state index is 2.40. The summed E-state index contributed by atoms with van der Waals surface area (Å²) in [7, 11) is -0.601. The van der Waals surface area contributed by atoms with Crippen molar-refractivity contribution in [2.45, 2.75) is 0 Å². The molecule has 0 saturated carbocycles. The van der Waals surface area contributed by atoms with Crippen LogP contribution in [0.15, 0.2) is 72.0 Å². The molecule has 2 aromatic heterocycles. The molecule has 0 amide bonds. The largest absolute Gasteiger partial charge is 0.0736 e. The molecule has 0 saturated heterocycles. The molecular formula is C17H12Si. The van der Waals surface area contributed by atoms with E-state index in [4.69, 9.17) is 0 Å². The average molecular weight is 244 g/mol. The summed E-state index contributed by atoms with van der Waals surface area (Å²) >= 11 is 0. The van der Waals surface area contributed by atoms with Gasteiger partial charge in [-0.05, 0) is 26.5 Å². The van der Waals surface area contributed by atoms with E-state index in [0.717, 1.165) is 0 Å². The van der Waals surface area contributed by atoms with Gasteiger partial charge in [-0.1, -0.05) is 72.0 Å². The number of fused-ring (bicyclic) bond motifs is 5. The highest BCUT2D eigenvalue weighted by Crippen LogP contribution is 2.27. The van der Waals surface area contributed by atoms with E-state index in [9.17, 15) is 0 Å². The molecule has 0 fully saturated rings. The van der Waals surface area contributed by atoms with Gasteiger partial charge >= 0.3 is 0 Å². The Morgan fingerprint density at radius 2 is 1.44 bits per heavy atom. The lowest BCUT2D eigenvalue weighted by Crippen LogP contribution is -1.89. The molecule has 0 nitrogen and oxygen atoms in total. The second-order valence-electron chi connectivity index (χ2n) is 4.67. The minimum atomic E-state index is -0.601. The molecule has 0 aliphatic rings. The van der Waals surface area contributed by atoms with Gasteiger partial charge in [0.1, 0.15) is 0 Å². The fraction of sp³-hybridized carbons (Fsp3) is 0. The van der Waals surface area contributed by atoms with Crippen LogP contribution in [0.5, 0.6) is 0 Å². The van der Waals surface area contributed by atoms with Crippen molar-refractivity contribution in [3.63, 3.8) is 0 Å². The van der Waals surface area contributed by atoms with Crippen LogP contribution in [0.25, 0.3) is 26.5 Å². The molecule has 0 bridgehead atoms. The maximum absolute atomic E-state index is 2.40. The average Bonchev–Trinajstić information content (AvgIpc) is 2.46. The summed E-state index contributed by atoms with van der Waals surface area (Å²) in [6.07, 6.45) is 0. The summed E-state index contributed by atoms with van der Waals surface area (Å²) in [6.45, 7) is 0. The van der Waals surface area contributed by atoms with Crippen molar-refractivity contribution in [3.05, 3.63) is 72.0 Å². The Hall–Kier alpha value is -1.99. The lowest BCUT2D eigenvalue weighted by Gasteiger charge is -2.06. The smallest absolute Gasteiger partial charge is 0.0732 e. The van der Waals surface area contributed by atoms with E-state index in [1.807, 2.05) is 0 Å². The highest BCUT2D eigenvalue weighted by Gasteiger charge is 2.03. The van der Waals surface area contributed by atoms with Gasteiger partial charge in [-0.25, -0.2) is 0 Å². The Balaban J connectivity index is 2.31. The molecule has 2 aromatic carbocycles. The van der Waals surface area contributed by atoms with Gasteiger partial charge in [-0.2, -0.15) is 0 Å². The van der Waals surface area contributed by atoms with E-state index in [1.165, 1.54) is 26.5 Å². The monoisotopic (exact) mass is 244 g/mol. The third-order valence-corrected chi connectivity index (χ3v) is 5.79. The van der Waals surface area contributed by atoms with Gasteiger partial charge in [-0.3, -0.25) is 0 Å². The SMILES string of the molecule is c1ccc2c(c1)ccc1c2cc[si]2ccccc12. The minimum absolute atomic E-state index is 0.601. The van der Waals surface area contributed by atoms with Crippen molar-refractivity contribution in [2.24, 2.45) is 0 Å². The van der Waals surface area contributed by atoms with Crippen molar-refractivity contribution >= 4 is 34.7 Å². The maximum Gasteiger partial charge on any atom is 0.0732 e. The number of hydrogen-bond acceptors (Lipinski definition) is 0. The van der Waals surface area contributed by atoms with Crippen LogP contribution in [0.2, 0.25) is 0 Å². The van der Waals surface area contributed by atoms with Crippen LogP contribution in [-0.4, -0.2) is 8.20 Å². The molecular weight excluding hydrogens is 232 g/mol. The normalized spacial score (nSPS) is 11.3. The van der Waals surface area contributed by atoms with Gasteiger partial charge in [0.25, 0.3) is 0 Å². The van der Waals surface area contributed by atoms with Crippen LogP contribution in [0.3, 0.4) is 0 Å². The highest BCUT2D eigenvalue weighted by atomic mass is 28.2. The quantitative estimate of drug-likeness (QED) is 0.316. The van der Waals surface area contributed by atoms with Crippen molar-refractivity contribution in [2.75, 3.05) is 0 Å². The first-order chi connectivity index (χ1) is 8.93. The molecule has 0 N–H and O–H groups in total. The standard InChI is InChI=1S/C17H12Si/c1-2-6-14-13(5-1)8-9-16-15(14)10-12-18-11-4-3-7-17(16)18/h1-12H. The lowest BCUT2D eigenvalue weighted by atomic mass is 10.0. The van der Waals surface area contributed by atoms with Crippen LogP contribution in [0.4, 0.5) is 0 Å². The first-order valence-corrected chi connectivity index (χ1v) is 7.88. The Kier molecular flexibility index (Phi) is 2.08. The first-order valence-electron chi connectivity index (χ1n) is 6.23. The van der Waals surface area contributed by atoms with Gasteiger partial charge in [0.05, 0.1) is 8.20 Å². The van der Waals surface area contributed by atoms with Crippen molar-refractivity contribution in [3.8, 4) is 0 Å². The summed E-state index contributed by atoms with van der Waals surface area (Å²) in [5.41, 5.74) is 4.75. The minimum Gasteiger partial charge on any atom is -0.0736 e. The fourth-order valence-corrected chi connectivity index (χ4v) is 4.72. The fourth-order valence-electron chi connectivity index (χ4n) is 2.77. The molecule has 0 spiro atoms. The van der Waals surface area contributed by atoms with E-state index >= 15 is 0 Å². The first kappa shape index (κ1) is 9.98. The van der Waals surface area contributed by atoms with E-state index in [-0.39, 0.29) is 0 Å². The molecule has 0 unspecified atom stereocenters. The molecule has 0 aliphatic carbocycles. The molecule has 2 heterocycles. The van der Waals surface area contributed by atoms with Crippen molar-refractivity contribution in [1.29, 1.82) is 0 Å². The Labute approximate surface area is 107 Å². The van der Waals surface area contributed by atoms with Gasteiger partial charge in [0.2, 0.25) is 0 Å². The summed E-state index contributed by atoms with van der Waals surface area (Å²) in [5, 5.41) is 5.50. The van der Waals surface area contributed by atoms with E-state index < -0.39 is 8.20 Å². The predicted molar refractivity (Wildman–Crippen MR) is 80.4 cm³/mol. The topological polar surface area (TPSA) is 0 Å². The van der Waals surface area contributed by atoms with Crippen LogP contribution >= 0.6 is 0 Å². The third-order valence-electron chi connectivity index (χ3n) is 3.65. The zero-order valence-corrected chi connectivity index (χ0v) is 10.9. The van der Waals surface area contributed by atoms with Crippen molar-refractivity contribution in [1.82, 2.24) is 0 Å². The lowest BCUT2D eigenvalue weighted by molar-refractivity contribution is 1.80. The van der Waals surface area contributed by atoms with Crippen LogP contribution in [0.1, 0.15) is 0 Å². The molecule has 0 aliphatic heterocycles. The molecule has 0 atom stereocenters. The van der Waals surface area contributed by atoms with Gasteiger partial charge < -0.3 is 0 Å². The molecule has 4 rings (SSSR count). The number of benzene rings is 2. The summed E-state index contributed by atoms with van der Waals surface area (Å²) < 4.78 is 0. The number of rotatable bonds is 0. The molecule has 18 heavy (non-hydrogen) atoms. The Morgan fingerprint density at radius 1 is 0.556 bits per heavy atom. The van der Waals surface area contributed by atoms with E-state index in [2.05, 4.69) is 72.0 Å². The van der Waals surface area contributed by atoms with Crippen molar-refractivity contribution < 1.29 is 0 Å². The Morgan fingerprint density at radius 3 is 2.44 bits per heavy atom. The molecule has 0 radical (unpaired) electrons. The van der Waals surface area contributed by atoms with E-state index in [1.54, 1.807) is 0 Å². The van der Waals surface area contributed by atoms with Crippen LogP contribution in [0, 0.1) is 0 Å². The second kappa shape index (κ2) is 3.75. The van der Waals surface area contributed by atoms with Crippen LogP contribution < -0.4 is 0 Å². The third kappa shape index (κ3) is 1.34. The Bertz CT molecular complexity index is 803. The molecule has 4 aromatic rings. The highest BCUT2D eigenvalue weighted by molar-refractivity contribution is 6.62. The van der Waals surface area contributed by atoms with Gasteiger partial charge in [0, 0.05) is 0 Å². The summed E-state index contributed by atoms with van der Waals surface area (Å²) in [5.74, 6) is 0. The van der Waals surface area contributed by atoms with Crippen LogP contribution in [-0.2, 0) is 0 Å². The predicted octanol–water partition coefficient (Wildman–Crippen LogP) is 4.47. The summed E-state index contributed by atoms with van der Waals surface area (Å²) in [6, 6.07) is 22.1. The zero-order valence-electron chi connectivity index (χ0n) is 9.93. The molecule has 1 heteroatoms. The second-order valence-corrected chi connectivity index (χ2v) is 6.78. The molecule has 84 valence electrons. The van der Waals surface area contributed by atoms with E-state index in [0.29, 0.717) is 0 Å². The number of hydrogen-bond donors (Lipinski definition) is 0.